The molecular weight excluding hydrogens is 217 g/mol. The number of nitrogens with one attached hydrogen (secondary N) is 1. The molecule has 0 saturated heterocycles. The minimum Gasteiger partial charge on any atom is -0.358 e. The molecule has 0 bridgehead atoms. The molecule has 0 saturated carbocycles. The number of rotatable bonds is 3. The molecule has 0 aliphatic carbocycles. The predicted molar refractivity (Wildman–Crippen MR) is 56.3 cm³/mol. The van der Waals surface area contributed by atoms with Crippen molar-refractivity contribution in [1.29, 1.82) is 0 Å². The molecule has 1 amide bonds. The fraction of sp³-hybridized carbons (Fsp3) is 0.300. The van der Waals surface area contributed by atoms with Gasteiger partial charge in [0.15, 0.2) is 0 Å². The van der Waals surface area contributed by atoms with Crippen LogP contribution in [-0.2, 0) is 15.6 Å². The first-order chi connectivity index (χ1) is 7.06. The smallest absolute Gasteiger partial charge is 0.235 e. The van der Waals surface area contributed by atoms with Gasteiger partial charge in [-0.05, 0) is 31.2 Å². The van der Waals surface area contributed by atoms with Crippen molar-refractivity contribution in [1.82, 2.24) is 5.32 Å². The molecule has 1 aromatic carbocycles. The highest BCUT2D eigenvalue weighted by Crippen LogP contribution is 2.12. The lowest BCUT2D eigenvalue weighted by Crippen LogP contribution is -2.32. The van der Waals surface area contributed by atoms with Crippen molar-refractivity contribution in [3.05, 3.63) is 30.1 Å². The van der Waals surface area contributed by atoms with Crippen LogP contribution in [0.4, 0.5) is 4.39 Å². The third kappa shape index (κ3) is 2.86. The normalized spacial score (nSPS) is 14.3. The number of benzene rings is 1. The lowest BCUT2D eigenvalue weighted by molar-refractivity contribution is -0.119. The summed E-state index contributed by atoms with van der Waals surface area (Å²) in [5.74, 6) is -0.680. The molecule has 0 aromatic heterocycles. The fourth-order valence-electron chi connectivity index (χ4n) is 1.07. The van der Waals surface area contributed by atoms with Gasteiger partial charge in [-0.3, -0.25) is 9.00 Å². The first kappa shape index (κ1) is 11.8. The summed E-state index contributed by atoms with van der Waals surface area (Å²) >= 11 is 0. The van der Waals surface area contributed by atoms with Gasteiger partial charge in [0.2, 0.25) is 5.91 Å². The van der Waals surface area contributed by atoms with Crippen molar-refractivity contribution in [3.63, 3.8) is 0 Å². The van der Waals surface area contributed by atoms with E-state index in [-0.39, 0.29) is 11.7 Å². The Morgan fingerprint density at radius 3 is 2.40 bits per heavy atom. The zero-order valence-electron chi connectivity index (χ0n) is 8.49. The summed E-state index contributed by atoms with van der Waals surface area (Å²) in [5, 5.41) is 1.78. The van der Waals surface area contributed by atoms with E-state index in [0.29, 0.717) is 4.90 Å². The Bertz CT molecular complexity index is 378. The van der Waals surface area contributed by atoms with Crippen molar-refractivity contribution < 1.29 is 13.4 Å². The molecule has 15 heavy (non-hydrogen) atoms. The Morgan fingerprint density at radius 1 is 1.40 bits per heavy atom. The van der Waals surface area contributed by atoms with E-state index in [1.165, 1.54) is 31.3 Å². The lowest BCUT2D eigenvalue weighted by Gasteiger charge is -2.09. The first-order valence-electron chi connectivity index (χ1n) is 4.44. The minimum absolute atomic E-state index is 0.294. The van der Waals surface area contributed by atoms with Crippen LogP contribution in [0.2, 0.25) is 0 Å². The Hall–Kier alpha value is -1.23. The van der Waals surface area contributed by atoms with Crippen LogP contribution in [0.5, 0.6) is 0 Å². The molecular formula is C10H12FNO2S. The van der Waals surface area contributed by atoms with Crippen molar-refractivity contribution in [3.8, 4) is 0 Å². The van der Waals surface area contributed by atoms with Gasteiger partial charge in [-0.15, -0.1) is 0 Å². The summed E-state index contributed by atoms with van der Waals surface area (Å²) in [6, 6.07) is 5.30. The van der Waals surface area contributed by atoms with E-state index in [4.69, 9.17) is 0 Å². The standard InChI is InChI=1S/C10H12FNO2S/c1-7(10(13)12-2)15(14)9-5-3-8(11)4-6-9/h3-7H,1-2H3,(H,12,13). The van der Waals surface area contributed by atoms with Crippen LogP contribution in [-0.4, -0.2) is 22.4 Å². The summed E-state index contributed by atoms with van der Waals surface area (Å²) in [5.41, 5.74) is 0. The summed E-state index contributed by atoms with van der Waals surface area (Å²) in [6.45, 7) is 1.57. The monoisotopic (exact) mass is 229 g/mol. The number of carbonyl (C=O) groups excluding carboxylic acids is 1. The predicted octanol–water partition coefficient (Wildman–Crippen LogP) is 1.07. The summed E-state index contributed by atoms with van der Waals surface area (Å²) < 4.78 is 24.4. The summed E-state index contributed by atoms with van der Waals surface area (Å²) in [7, 11) is 0.0417. The maximum atomic E-state index is 12.6. The Kier molecular flexibility index (Phi) is 3.96. The van der Waals surface area contributed by atoms with Crippen molar-refractivity contribution in [2.75, 3.05) is 7.05 Å². The Labute approximate surface area is 90.1 Å². The molecule has 2 unspecified atom stereocenters. The van der Waals surface area contributed by atoms with E-state index in [1.807, 2.05) is 0 Å². The molecule has 1 aromatic rings. The molecule has 5 heteroatoms. The molecule has 0 aliphatic rings. The second-order valence-corrected chi connectivity index (χ2v) is 4.78. The molecule has 0 radical (unpaired) electrons. The molecule has 1 N–H and O–H groups in total. The van der Waals surface area contributed by atoms with Gasteiger partial charge in [-0.1, -0.05) is 0 Å². The molecule has 0 aliphatic heterocycles. The molecule has 0 spiro atoms. The maximum Gasteiger partial charge on any atom is 0.235 e. The Morgan fingerprint density at radius 2 is 1.93 bits per heavy atom. The highest BCUT2D eigenvalue weighted by molar-refractivity contribution is 7.86. The second kappa shape index (κ2) is 5.02. The van der Waals surface area contributed by atoms with Gasteiger partial charge in [0.05, 0.1) is 10.8 Å². The summed E-state index contributed by atoms with van der Waals surface area (Å²) in [4.78, 5) is 11.7. The fourth-order valence-corrected chi connectivity index (χ4v) is 2.20. The van der Waals surface area contributed by atoms with Gasteiger partial charge >= 0.3 is 0 Å². The molecule has 2 atom stereocenters. The molecule has 1 rings (SSSR count). The van der Waals surface area contributed by atoms with Crippen LogP contribution in [0.3, 0.4) is 0 Å². The zero-order chi connectivity index (χ0) is 11.4. The summed E-state index contributed by atoms with van der Waals surface area (Å²) in [6.07, 6.45) is 0. The van der Waals surface area contributed by atoms with Crippen LogP contribution < -0.4 is 5.32 Å². The van der Waals surface area contributed by atoms with Gasteiger partial charge in [-0.25, -0.2) is 4.39 Å². The van der Waals surface area contributed by atoms with Crippen LogP contribution in [0.15, 0.2) is 29.2 Å². The zero-order valence-corrected chi connectivity index (χ0v) is 9.31. The highest BCUT2D eigenvalue weighted by atomic mass is 32.2. The van der Waals surface area contributed by atoms with E-state index in [1.54, 1.807) is 6.92 Å². The van der Waals surface area contributed by atoms with Gasteiger partial charge in [0, 0.05) is 11.9 Å². The van der Waals surface area contributed by atoms with E-state index in [9.17, 15) is 13.4 Å². The third-order valence-electron chi connectivity index (χ3n) is 1.98. The average molecular weight is 229 g/mol. The number of carbonyl (C=O) groups is 1. The maximum absolute atomic E-state index is 12.6. The molecule has 3 nitrogen and oxygen atoms in total. The molecule has 0 fully saturated rings. The van der Waals surface area contributed by atoms with E-state index in [0.717, 1.165) is 0 Å². The van der Waals surface area contributed by atoms with E-state index >= 15 is 0 Å². The van der Waals surface area contributed by atoms with Gasteiger partial charge < -0.3 is 5.32 Å². The molecule has 82 valence electrons. The topological polar surface area (TPSA) is 46.2 Å². The number of hydrogen-bond acceptors (Lipinski definition) is 2. The van der Waals surface area contributed by atoms with Crippen molar-refractivity contribution in [2.45, 2.75) is 17.1 Å². The van der Waals surface area contributed by atoms with Crippen LogP contribution in [0, 0.1) is 5.82 Å². The second-order valence-electron chi connectivity index (χ2n) is 3.01. The van der Waals surface area contributed by atoms with E-state index < -0.39 is 16.0 Å². The van der Waals surface area contributed by atoms with Gasteiger partial charge in [0.1, 0.15) is 11.1 Å². The van der Waals surface area contributed by atoms with Crippen LogP contribution >= 0.6 is 0 Å². The third-order valence-corrected chi connectivity index (χ3v) is 3.58. The highest BCUT2D eigenvalue weighted by Gasteiger charge is 2.19. The molecule has 0 heterocycles. The number of amides is 1. The van der Waals surface area contributed by atoms with Crippen molar-refractivity contribution in [2.24, 2.45) is 0 Å². The average Bonchev–Trinajstić information content (AvgIpc) is 2.27. The van der Waals surface area contributed by atoms with Gasteiger partial charge in [-0.2, -0.15) is 0 Å². The van der Waals surface area contributed by atoms with Gasteiger partial charge in [0.25, 0.3) is 0 Å². The van der Waals surface area contributed by atoms with Crippen LogP contribution in [0.1, 0.15) is 6.92 Å². The number of halogens is 1. The van der Waals surface area contributed by atoms with Crippen molar-refractivity contribution >= 4 is 16.7 Å². The largest absolute Gasteiger partial charge is 0.358 e. The van der Waals surface area contributed by atoms with Crippen LogP contribution in [0.25, 0.3) is 0 Å². The quantitative estimate of drug-likeness (QED) is 0.842. The Balaban J connectivity index is 2.85. The number of hydrogen-bond donors (Lipinski definition) is 1. The minimum atomic E-state index is -1.45. The lowest BCUT2D eigenvalue weighted by atomic mass is 10.3. The first-order valence-corrected chi connectivity index (χ1v) is 5.65. The van der Waals surface area contributed by atoms with E-state index in [2.05, 4.69) is 5.32 Å². The SMILES string of the molecule is CNC(=O)C(C)S(=O)c1ccc(F)cc1.